The number of nitrogens with zero attached hydrogens (tertiary/aromatic N) is 2. The minimum atomic E-state index is 0.0905. The van der Waals surface area contributed by atoms with Gasteiger partial charge in [-0.25, -0.2) is 0 Å². The Hall–Kier alpha value is -1.78. The Morgan fingerprint density at radius 1 is 0.733 bits per heavy atom. The van der Waals surface area contributed by atoms with Crippen molar-refractivity contribution in [3.05, 3.63) is 44.8 Å². The fourth-order valence-corrected chi connectivity index (χ4v) is 9.82. The Kier molecular flexibility index (Phi) is 13.5. The summed E-state index contributed by atoms with van der Waals surface area (Å²) in [5, 5.41) is 10.7. The first kappa shape index (κ1) is 36.1. The molecule has 3 aliphatic rings. The van der Waals surface area contributed by atoms with Gasteiger partial charge in [0.2, 0.25) is 11.8 Å². The average Bonchev–Trinajstić information content (AvgIpc) is 3.76. The summed E-state index contributed by atoms with van der Waals surface area (Å²) in [6.07, 6.45) is 14.9. The first-order valence-corrected chi connectivity index (χ1v) is 19.1. The molecule has 3 saturated carbocycles. The summed E-state index contributed by atoms with van der Waals surface area (Å²) >= 11 is 3.71. The lowest BCUT2D eigenvalue weighted by Gasteiger charge is -2.44. The quantitative estimate of drug-likeness (QED) is 0.261. The van der Waals surface area contributed by atoms with Crippen molar-refractivity contribution < 1.29 is 9.59 Å². The third-order valence-corrected chi connectivity index (χ3v) is 13.0. The van der Waals surface area contributed by atoms with Gasteiger partial charge >= 0.3 is 0 Å². The second kappa shape index (κ2) is 16.9. The summed E-state index contributed by atoms with van der Waals surface area (Å²) < 4.78 is 0. The van der Waals surface area contributed by atoms with Crippen molar-refractivity contribution in [1.29, 1.82) is 0 Å². The number of nitrogens with one attached hydrogen (secondary N) is 2. The largest absolute Gasteiger partial charge is 0.353 e. The molecule has 252 valence electrons. The normalized spacial score (nSPS) is 30.4. The van der Waals surface area contributed by atoms with Crippen molar-refractivity contribution >= 4 is 34.5 Å². The lowest BCUT2D eigenvalue weighted by atomic mass is 9.77. The number of hydrogen-bond acceptors (Lipinski definition) is 7. The van der Waals surface area contributed by atoms with E-state index in [0.29, 0.717) is 31.3 Å². The zero-order valence-corrected chi connectivity index (χ0v) is 30.1. The lowest BCUT2D eigenvalue weighted by molar-refractivity contribution is -0.123. The third-order valence-electron chi connectivity index (χ3n) is 10.9. The standard InChI is InChI=1S/C24H39N3O2S.C12H20N2S/c1-18-9-11-19(12-10-18)25-22(28)7-4-8-23(29)26-20-13-15-24(16-14-20,27(2)3)21-6-5-17-30-21;1-14(2)12(11-4-3-9-15-11)7-5-10(13)6-8-12/h5-6,17-20H,4,7-16H2,1-3H3,(H,25,28)(H,26,29);3-4,9-10H,5-8,13H2,1-2H3. The first-order valence-electron chi connectivity index (χ1n) is 17.3. The van der Waals surface area contributed by atoms with Crippen LogP contribution in [0.25, 0.3) is 0 Å². The number of carbonyl (C=O) groups is 2. The minimum absolute atomic E-state index is 0.0905. The second-order valence-electron chi connectivity index (χ2n) is 14.4. The van der Waals surface area contributed by atoms with Crippen molar-refractivity contribution in [3.8, 4) is 0 Å². The van der Waals surface area contributed by atoms with E-state index in [1.165, 1.54) is 35.4 Å². The van der Waals surface area contributed by atoms with Gasteiger partial charge in [0.05, 0.1) is 11.1 Å². The van der Waals surface area contributed by atoms with Crippen LogP contribution in [0.2, 0.25) is 0 Å². The van der Waals surface area contributed by atoms with Crippen molar-refractivity contribution in [2.45, 2.75) is 132 Å². The van der Waals surface area contributed by atoms with E-state index >= 15 is 0 Å². The molecule has 0 unspecified atom stereocenters. The molecule has 0 aromatic carbocycles. The first-order chi connectivity index (χ1) is 21.5. The predicted octanol–water partition coefficient (Wildman–Crippen LogP) is 6.84. The van der Waals surface area contributed by atoms with E-state index in [1.54, 1.807) is 0 Å². The van der Waals surface area contributed by atoms with Crippen molar-refractivity contribution in [1.82, 2.24) is 20.4 Å². The number of hydrogen-bond donors (Lipinski definition) is 3. The van der Waals surface area contributed by atoms with Gasteiger partial charge in [-0.3, -0.25) is 19.4 Å². The SMILES string of the molecule is CC1CCC(NC(=O)CCCC(=O)NC2CCC(c3cccs3)(N(C)C)CC2)CC1.CN(C)C1(c2cccs2)CCC(N)CC1. The molecule has 0 radical (unpaired) electrons. The summed E-state index contributed by atoms with van der Waals surface area (Å²) in [6, 6.07) is 9.79. The molecular formula is C36H59N5O2S2. The molecule has 0 bridgehead atoms. The predicted molar refractivity (Wildman–Crippen MR) is 190 cm³/mol. The van der Waals surface area contributed by atoms with Crippen LogP contribution in [0, 0.1) is 5.92 Å². The summed E-state index contributed by atoms with van der Waals surface area (Å²) in [7, 11) is 8.71. The third kappa shape index (κ3) is 9.63. The Morgan fingerprint density at radius 2 is 1.16 bits per heavy atom. The van der Waals surface area contributed by atoms with E-state index in [2.05, 4.69) is 90.6 Å². The van der Waals surface area contributed by atoms with E-state index in [0.717, 1.165) is 57.3 Å². The Balaban J connectivity index is 0.000000256. The van der Waals surface area contributed by atoms with Crippen LogP contribution >= 0.6 is 22.7 Å². The summed E-state index contributed by atoms with van der Waals surface area (Å²) in [5.41, 5.74) is 6.35. The molecule has 2 aromatic rings. The maximum atomic E-state index is 12.4. The topological polar surface area (TPSA) is 90.7 Å². The van der Waals surface area contributed by atoms with Gasteiger partial charge < -0.3 is 16.4 Å². The van der Waals surface area contributed by atoms with Gasteiger partial charge in [-0.15, -0.1) is 22.7 Å². The van der Waals surface area contributed by atoms with E-state index in [4.69, 9.17) is 5.73 Å². The second-order valence-corrected chi connectivity index (χ2v) is 16.3. The molecule has 0 aliphatic heterocycles. The molecule has 45 heavy (non-hydrogen) atoms. The highest BCUT2D eigenvalue weighted by Crippen LogP contribution is 2.44. The summed E-state index contributed by atoms with van der Waals surface area (Å²) in [6.45, 7) is 2.28. The molecule has 0 spiro atoms. The zero-order valence-electron chi connectivity index (χ0n) is 28.5. The van der Waals surface area contributed by atoms with Gasteiger partial charge in [-0.2, -0.15) is 0 Å². The minimum Gasteiger partial charge on any atom is -0.353 e. The molecule has 7 nitrogen and oxygen atoms in total. The number of nitrogens with two attached hydrogens (primary N) is 1. The molecule has 3 fully saturated rings. The molecular weight excluding hydrogens is 599 g/mol. The molecule has 4 N–H and O–H groups in total. The number of thiophene rings is 2. The molecule has 2 heterocycles. The van der Waals surface area contributed by atoms with Crippen LogP contribution < -0.4 is 16.4 Å². The Labute approximate surface area is 280 Å². The molecule has 5 rings (SSSR count). The van der Waals surface area contributed by atoms with Crippen molar-refractivity contribution in [3.63, 3.8) is 0 Å². The van der Waals surface area contributed by atoms with Gasteiger partial charge in [0.25, 0.3) is 0 Å². The van der Waals surface area contributed by atoms with Crippen LogP contribution in [-0.2, 0) is 20.7 Å². The van der Waals surface area contributed by atoms with Crippen LogP contribution in [0.5, 0.6) is 0 Å². The highest BCUT2D eigenvalue weighted by molar-refractivity contribution is 7.10. The molecule has 0 saturated heterocycles. The molecule has 9 heteroatoms. The van der Waals surface area contributed by atoms with Gasteiger partial charge in [0.1, 0.15) is 0 Å². The number of carbonyl (C=O) groups excluding carboxylic acids is 2. The van der Waals surface area contributed by atoms with E-state index in [9.17, 15) is 9.59 Å². The fraction of sp³-hybridized carbons (Fsp3) is 0.722. The molecule has 2 amide bonds. The van der Waals surface area contributed by atoms with Crippen LogP contribution in [0.4, 0.5) is 0 Å². The molecule has 0 atom stereocenters. The molecule has 3 aliphatic carbocycles. The highest BCUT2D eigenvalue weighted by Gasteiger charge is 2.40. The smallest absolute Gasteiger partial charge is 0.220 e. The highest BCUT2D eigenvalue weighted by atomic mass is 32.1. The number of rotatable bonds is 10. The van der Waals surface area contributed by atoms with Gasteiger partial charge in [0, 0.05) is 40.7 Å². The maximum Gasteiger partial charge on any atom is 0.220 e. The molecule has 2 aromatic heterocycles. The van der Waals surface area contributed by atoms with Gasteiger partial charge in [0.15, 0.2) is 0 Å². The van der Waals surface area contributed by atoms with Crippen molar-refractivity contribution in [2.24, 2.45) is 11.7 Å². The lowest BCUT2D eigenvalue weighted by Crippen LogP contribution is -2.48. The summed E-state index contributed by atoms with van der Waals surface area (Å²) in [5.74, 6) is 0.981. The van der Waals surface area contributed by atoms with Crippen LogP contribution in [0.15, 0.2) is 35.0 Å². The number of amides is 2. The van der Waals surface area contributed by atoms with Crippen molar-refractivity contribution in [2.75, 3.05) is 28.2 Å². The Morgan fingerprint density at radius 3 is 1.56 bits per heavy atom. The average molecular weight is 658 g/mol. The van der Waals surface area contributed by atoms with E-state index in [-0.39, 0.29) is 28.9 Å². The van der Waals surface area contributed by atoms with Crippen LogP contribution in [-0.4, -0.2) is 67.9 Å². The van der Waals surface area contributed by atoms with E-state index in [1.807, 2.05) is 22.7 Å². The van der Waals surface area contributed by atoms with Gasteiger partial charge in [-0.05, 0) is 140 Å². The summed E-state index contributed by atoms with van der Waals surface area (Å²) in [4.78, 5) is 32.2. The van der Waals surface area contributed by atoms with E-state index < -0.39 is 0 Å². The monoisotopic (exact) mass is 657 g/mol. The Bertz CT molecular complexity index is 1140. The van der Waals surface area contributed by atoms with Gasteiger partial charge in [-0.1, -0.05) is 19.1 Å². The van der Waals surface area contributed by atoms with Crippen LogP contribution in [0.3, 0.4) is 0 Å². The van der Waals surface area contributed by atoms with Crippen LogP contribution in [0.1, 0.15) is 113 Å². The maximum absolute atomic E-state index is 12.4. The fourth-order valence-electron chi connectivity index (χ4n) is 7.69. The zero-order chi connectivity index (χ0) is 32.5.